The highest BCUT2D eigenvalue weighted by molar-refractivity contribution is 5.95. The van der Waals surface area contributed by atoms with Crippen LogP contribution in [0.3, 0.4) is 0 Å². The van der Waals surface area contributed by atoms with Gasteiger partial charge in [0.05, 0.1) is 20.3 Å². The minimum absolute atomic E-state index is 0.226. The molecule has 3 aromatic rings. The van der Waals surface area contributed by atoms with Gasteiger partial charge in [0.2, 0.25) is 0 Å². The monoisotopic (exact) mass is 326 g/mol. The summed E-state index contributed by atoms with van der Waals surface area (Å²) in [6.07, 6.45) is 1.86. The maximum absolute atomic E-state index is 12.5. The first-order chi connectivity index (χ1) is 11.6. The number of carbonyl (C=O) groups is 1. The lowest BCUT2D eigenvalue weighted by molar-refractivity contribution is 0.0937. The summed E-state index contributed by atoms with van der Waals surface area (Å²) >= 11 is 0. The van der Waals surface area contributed by atoms with Gasteiger partial charge in [0.25, 0.3) is 5.91 Å². The molecule has 2 heterocycles. The van der Waals surface area contributed by atoms with Gasteiger partial charge < -0.3 is 14.8 Å². The zero-order valence-electron chi connectivity index (χ0n) is 13.7. The molecule has 0 aliphatic heterocycles. The first-order valence-electron chi connectivity index (χ1n) is 7.46. The molecule has 1 atom stereocenters. The molecule has 0 aliphatic rings. The number of nitrogens with one attached hydrogen (secondary N) is 1. The molecule has 0 bridgehead atoms. The molecule has 124 valence electrons. The number of nitrogens with zero attached hydrogens (tertiary/aromatic N) is 3. The number of methoxy groups -OCH3 is 2. The predicted octanol–water partition coefficient (Wildman–Crippen LogP) is 2.24. The van der Waals surface area contributed by atoms with Crippen molar-refractivity contribution >= 4 is 11.6 Å². The molecule has 1 amide bonds. The Bertz CT molecular complexity index is 875. The molecular formula is C17H18N4O3. The number of hydrogen-bond donors (Lipinski definition) is 1. The molecule has 1 aromatic carbocycles. The van der Waals surface area contributed by atoms with Crippen molar-refractivity contribution in [2.75, 3.05) is 14.2 Å². The van der Waals surface area contributed by atoms with Gasteiger partial charge in [0.1, 0.15) is 0 Å². The summed E-state index contributed by atoms with van der Waals surface area (Å²) in [7, 11) is 3.08. The Hall–Kier alpha value is -3.09. The van der Waals surface area contributed by atoms with Crippen molar-refractivity contribution in [3.8, 4) is 11.5 Å². The van der Waals surface area contributed by atoms with E-state index >= 15 is 0 Å². The highest BCUT2D eigenvalue weighted by Crippen LogP contribution is 2.27. The Kier molecular flexibility index (Phi) is 4.33. The Balaban J connectivity index is 1.81. The fourth-order valence-electron chi connectivity index (χ4n) is 2.48. The molecule has 7 nitrogen and oxygen atoms in total. The second-order valence-electron chi connectivity index (χ2n) is 5.25. The number of aromatic nitrogens is 3. The van der Waals surface area contributed by atoms with Crippen LogP contribution in [0.1, 0.15) is 29.1 Å². The Morgan fingerprint density at radius 1 is 1.12 bits per heavy atom. The Morgan fingerprint density at radius 2 is 1.92 bits per heavy atom. The summed E-state index contributed by atoms with van der Waals surface area (Å²) in [6.45, 7) is 1.86. The molecule has 3 rings (SSSR count). The topological polar surface area (TPSA) is 77.8 Å². The van der Waals surface area contributed by atoms with Crippen LogP contribution in [-0.2, 0) is 0 Å². The normalized spacial score (nSPS) is 12.0. The molecular weight excluding hydrogens is 308 g/mol. The van der Waals surface area contributed by atoms with Crippen LogP contribution in [0.5, 0.6) is 11.5 Å². The van der Waals surface area contributed by atoms with E-state index in [0.717, 1.165) is 5.65 Å². The Labute approximate surface area is 139 Å². The van der Waals surface area contributed by atoms with Gasteiger partial charge in [-0.2, -0.15) is 0 Å². The van der Waals surface area contributed by atoms with E-state index in [2.05, 4.69) is 15.5 Å². The van der Waals surface area contributed by atoms with Crippen LogP contribution in [0, 0.1) is 0 Å². The second-order valence-corrected chi connectivity index (χ2v) is 5.25. The lowest BCUT2D eigenvalue weighted by Gasteiger charge is -2.14. The summed E-state index contributed by atoms with van der Waals surface area (Å²) in [5, 5.41) is 11.2. The molecule has 1 unspecified atom stereocenters. The van der Waals surface area contributed by atoms with Crippen molar-refractivity contribution in [2.24, 2.45) is 0 Å². The van der Waals surface area contributed by atoms with Crippen molar-refractivity contribution in [1.82, 2.24) is 19.9 Å². The van der Waals surface area contributed by atoms with Crippen molar-refractivity contribution in [3.63, 3.8) is 0 Å². The Morgan fingerprint density at radius 3 is 2.67 bits per heavy atom. The van der Waals surface area contributed by atoms with Gasteiger partial charge in [-0.3, -0.25) is 9.20 Å². The number of ether oxygens (including phenoxy) is 2. The predicted molar refractivity (Wildman–Crippen MR) is 88.4 cm³/mol. The van der Waals surface area contributed by atoms with E-state index in [1.165, 1.54) is 7.11 Å². The minimum atomic E-state index is -0.303. The molecule has 0 aliphatic carbocycles. The van der Waals surface area contributed by atoms with Crippen LogP contribution in [0.15, 0.2) is 42.6 Å². The summed E-state index contributed by atoms with van der Waals surface area (Å²) < 4.78 is 12.3. The van der Waals surface area contributed by atoms with Gasteiger partial charge in [0, 0.05) is 11.8 Å². The lowest BCUT2D eigenvalue weighted by atomic mass is 10.1. The maximum atomic E-state index is 12.5. The average molecular weight is 326 g/mol. The van der Waals surface area contributed by atoms with Gasteiger partial charge in [-0.25, -0.2) is 0 Å². The van der Waals surface area contributed by atoms with Gasteiger partial charge in [-0.1, -0.05) is 6.07 Å². The summed E-state index contributed by atoms with van der Waals surface area (Å²) in [4.78, 5) is 12.5. The molecule has 0 fully saturated rings. The van der Waals surface area contributed by atoms with E-state index in [9.17, 15) is 4.79 Å². The molecule has 0 saturated carbocycles. The van der Waals surface area contributed by atoms with E-state index in [-0.39, 0.29) is 11.9 Å². The highest BCUT2D eigenvalue weighted by Gasteiger charge is 2.17. The first kappa shape index (κ1) is 15.8. The van der Waals surface area contributed by atoms with Crippen LogP contribution in [0.2, 0.25) is 0 Å². The van der Waals surface area contributed by atoms with Gasteiger partial charge in [0.15, 0.2) is 23.0 Å². The number of rotatable bonds is 5. The van der Waals surface area contributed by atoms with E-state index < -0.39 is 0 Å². The first-order valence-corrected chi connectivity index (χ1v) is 7.46. The van der Waals surface area contributed by atoms with E-state index in [0.29, 0.717) is 22.9 Å². The summed E-state index contributed by atoms with van der Waals surface area (Å²) in [5.74, 6) is 1.52. The highest BCUT2D eigenvalue weighted by atomic mass is 16.5. The third-order valence-electron chi connectivity index (χ3n) is 3.72. The third kappa shape index (κ3) is 2.88. The number of fused-ring (bicyclic) bond motifs is 1. The van der Waals surface area contributed by atoms with E-state index in [1.54, 1.807) is 25.3 Å². The van der Waals surface area contributed by atoms with Crippen LogP contribution in [-0.4, -0.2) is 34.7 Å². The number of hydrogen-bond acceptors (Lipinski definition) is 5. The molecule has 1 N–H and O–H groups in total. The summed E-state index contributed by atoms with van der Waals surface area (Å²) in [5.41, 5.74) is 1.22. The van der Waals surface area contributed by atoms with Crippen molar-refractivity contribution in [2.45, 2.75) is 13.0 Å². The zero-order chi connectivity index (χ0) is 17.1. The molecule has 24 heavy (non-hydrogen) atoms. The second kappa shape index (κ2) is 6.57. The number of amides is 1. The van der Waals surface area contributed by atoms with Crippen LogP contribution in [0.25, 0.3) is 5.65 Å². The quantitative estimate of drug-likeness (QED) is 0.778. The number of benzene rings is 1. The average Bonchev–Trinajstić information content (AvgIpc) is 3.05. The number of pyridine rings is 1. The van der Waals surface area contributed by atoms with E-state index in [4.69, 9.17) is 9.47 Å². The van der Waals surface area contributed by atoms with Gasteiger partial charge >= 0.3 is 0 Å². The molecule has 0 saturated heterocycles. The standard InChI is InChI=1S/C17H18N4O3/c1-11(16-20-19-15-6-4-5-9-21(15)16)18-17(22)12-7-8-13(23-2)14(10-12)24-3/h4-11H,1-3H3,(H,18,22). The zero-order valence-corrected chi connectivity index (χ0v) is 13.7. The smallest absolute Gasteiger partial charge is 0.252 e. The minimum Gasteiger partial charge on any atom is -0.493 e. The van der Waals surface area contributed by atoms with Crippen molar-refractivity contribution in [3.05, 3.63) is 54.0 Å². The third-order valence-corrected chi connectivity index (χ3v) is 3.72. The van der Waals surface area contributed by atoms with Crippen LogP contribution >= 0.6 is 0 Å². The summed E-state index contributed by atoms with van der Waals surface area (Å²) in [6, 6.07) is 10.4. The maximum Gasteiger partial charge on any atom is 0.252 e. The SMILES string of the molecule is COc1ccc(C(=O)NC(C)c2nnc3ccccn23)cc1OC. The van der Waals surface area contributed by atoms with Crippen molar-refractivity contribution < 1.29 is 14.3 Å². The molecule has 7 heteroatoms. The fourth-order valence-corrected chi connectivity index (χ4v) is 2.48. The molecule has 0 spiro atoms. The van der Waals surface area contributed by atoms with Gasteiger partial charge in [-0.15, -0.1) is 10.2 Å². The van der Waals surface area contributed by atoms with Crippen LogP contribution in [0.4, 0.5) is 0 Å². The molecule has 2 aromatic heterocycles. The number of carbonyl (C=O) groups excluding carboxylic acids is 1. The molecule has 0 radical (unpaired) electrons. The fraction of sp³-hybridized carbons (Fsp3) is 0.235. The van der Waals surface area contributed by atoms with Crippen molar-refractivity contribution in [1.29, 1.82) is 0 Å². The van der Waals surface area contributed by atoms with Gasteiger partial charge in [-0.05, 0) is 37.3 Å². The van der Waals surface area contributed by atoms with E-state index in [1.807, 2.05) is 35.7 Å². The largest absolute Gasteiger partial charge is 0.493 e. The van der Waals surface area contributed by atoms with Crippen LogP contribution < -0.4 is 14.8 Å². The lowest BCUT2D eigenvalue weighted by Crippen LogP contribution is -2.28.